The molecular weight excluding hydrogens is 346 g/mol. The maximum atomic E-state index is 14.2. The Kier molecular flexibility index (Phi) is 5.80. The van der Waals surface area contributed by atoms with Gasteiger partial charge < -0.3 is 5.32 Å². The standard InChI is InChI=1S/C14H15ClF6N2/c15-10-6-8(14(19,20)21)5-9(13(10)18)11(7-12(16)17)23-3-1-22-2-4-23/h5-6,11-12,22H,1-4,7H2/t11-/m0/s1. The van der Waals surface area contributed by atoms with Gasteiger partial charge in [0, 0.05) is 44.2 Å². The molecule has 0 aliphatic carbocycles. The molecule has 0 spiro atoms. The number of rotatable bonds is 4. The van der Waals surface area contributed by atoms with Crippen LogP contribution in [0.25, 0.3) is 0 Å². The van der Waals surface area contributed by atoms with E-state index in [1.807, 2.05) is 0 Å². The Hall–Kier alpha value is -0.990. The Morgan fingerprint density at radius 3 is 2.30 bits per heavy atom. The van der Waals surface area contributed by atoms with Crippen molar-refractivity contribution in [3.63, 3.8) is 0 Å². The number of halogens is 7. The summed E-state index contributed by atoms with van der Waals surface area (Å²) in [6, 6.07) is -0.106. The fraction of sp³-hybridized carbons (Fsp3) is 0.571. The van der Waals surface area contributed by atoms with Gasteiger partial charge in [0.05, 0.1) is 10.6 Å². The van der Waals surface area contributed by atoms with Gasteiger partial charge in [0.2, 0.25) is 6.43 Å². The van der Waals surface area contributed by atoms with Gasteiger partial charge in [-0.15, -0.1) is 0 Å². The zero-order valence-electron chi connectivity index (χ0n) is 11.9. The summed E-state index contributed by atoms with van der Waals surface area (Å²) in [6.07, 6.45) is -8.26. The quantitative estimate of drug-likeness (QED) is 0.813. The molecule has 9 heteroatoms. The van der Waals surface area contributed by atoms with Crippen molar-refractivity contribution in [3.05, 3.63) is 34.1 Å². The molecule has 2 nitrogen and oxygen atoms in total. The molecule has 1 aliphatic heterocycles. The Labute approximate surface area is 134 Å². The highest BCUT2D eigenvalue weighted by atomic mass is 35.5. The first-order valence-electron chi connectivity index (χ1n) is 6.99. The fourth-order valence-electron chi connectivity index (χ4n) is 2.65. The number of nitrogens with zero attached hydrogens (tertiary/aromatic N) is 1. The highest BCUT2D eigenvalue weighted by Gasteiger charge is 2.35. The minimum Gasteiger partial charge on any atom is -0.314 e. The Morgan fingerprint density at radius 1 is 1.17 bits per heavy atom. The zero-order valence-corrected chi connectivity index (χ0v) is 12.7. The van der Waals surface area contributed by atoms with Crippen LogP contribution in [0.5, 0.6) is 0 Å². The van der Waals surface area contributed by atoms with Gasteiger partial charge in [0.15, 0.2) is 0 Å². The molecule has 0 saturated carbocycles. The van der Waals surface area contributed by atoms with Gasteiger partial charge in [-0.25, -0.2) is 13.2 Å². The summed E-state index contributed by atoms with van der Waals surface area (Å²) in [5.41, 5.74) is -1.58. The summed E-state index contributed by atoms with van der Waals surface area (Å²) in [6.45, 7) is 1.66. The van der Waals surface area contributed by atoms with Crippen LogP contribution >= 0.6 is 11.6 Å². The Balaban J connectivity index is 2.46. The molecule has 23 heavy (non-hydrogen) atoms. The van der Waals surface area contributed by atoms with Gasteiger partial charge >= 0.3 is 6.18 Å². The zero-order chi connectivity index (χ0) is 17.2. The Bertz CT molecular complexity index is 543. The van der Waals surface area contributed by atoms with Gasteiger partial charge in [-0.1, -0.05) is 11.6 Å². The second-order valence-electron chi connectivity index (χ2n) is 5.29. The van der Waals surface area contributed by atoms with Crippen LogP contribution in [0.1, 0.15) is 23.6 Å². The van der Waals surface area contributed by atoms with Crippen LogP contribution < -0.4 is 5.32 Å². The molecule has 0 aromatic heterocycles. The van der Waals surface area contributed by atoms with Crippen molar-refractivity contribution >= 4 is 11.6 Å². The lowest BCUT2D eigenvalue weighted by molar-refractivity contribution is -0.137. The second-order valence-corrected chi connectivity index (χ2v) is 5.69. The fourth-order valence-corrected chi connectivity index (χ4v) is 2.88. The second kappa shape index (κ2) is 7.27. The van der Waals surface area contributed by atoms with Crippen molar-refractivity contribution in [2.45, 2.75) is 25.1 Å². The highest BCUT2D eigenvalue weighted by molar-refractivity contribution is 6.30. The Morgan fingerprint density at radius 2 is 1.78 bits per heavy atom. The maximum Gasteiger partial charge on any atom is 0.416 e. The molecule has 1 N–H and O–H groups in total. The van der Waals surface area contributed by atoms with E-state index in [-0.39, 0.29) is 0 Å². The summed E-state index contributed by atoms with van der Waals surface area (Å²) in [5, 5.41) is 2.29. The van der Waals surface area contributed by atoms with Gasteiger partial charge in [-0.2, -0.15) is 13.2 Å². The molecule has 2 rings (SSSR count). The van der Waals surface area contributed by atoms with E-state index in [0.29, 0.717) is 38.3 Å². The SMILES string of the molecule is Fc1c(Cl)cc(C(F)(F)F)cc1[C@H](CC(F)F)N1CCNCC1. The third-order valence-electron chi connectivity index (χ3n) is 3.74. The third kappa shape index (κ3) is 4.51. The predicted molar refractivity (Wildman–Crippen MR) is 74.2 cm³/mol. The first kappa shape index (κ1) is 18.4. The van der Waals surface area contributed by atoms with Crippen molar-refractivity contribution in [2.75, 3.05) is 26.2 Å². The molecule has 0 radical (unpaired) electrons. The van der Waals surface area contributed by atoms with Crippen molar-refractivity contribution in [3.8, 4) is 0 Å². The van der Waals surface area contributed by atoms with Crippen molar-refractivity contribution in [1.82, 2.24) is 10.2 Å². The number of benzene rings is 1. The highest BCUT2D eigenvalue weighted by Crippen LogP contribution is 2.38. The summed E-state index contributed by atoms with van der Waals surface area (Å²) in [4.78, 5) is 1.55. The molecule has 1 fully saturated rings. The largest absolute Gasteiger partial charge is 0.416 e. The van der Waals surface area contributed by atoms with Crippen LogP contribution in [0.2, 0.25) is 5.02 Å². The molecule has 1 atom stereocenters. The molecule has 1 aromatic carbocycles. The lowest BCUT2D eigenvalue weighted by Crippen LogP contribution is -2.45. The first-order valence-corrected chi connectivity index (χ1v) is 7.37. The number of piperazine rings is 1. The molecule has 130 valence electrons. The van der Waals surface area contributed by atoms with Crippen molar-refractivity contribution in [1.29, 1.82) is 0 Å². The van der Waals surface area contributed by atoms with Crippen molar-refractivity contribution in [2.24, 2.45) is 0 Å². The molecule has 0 unspecified atom stereocenters. The monoisotopic (exact) mass is 360 g/mol. The van der Waals surface area contributed by atoms with E-state index >= 15 is 0 Å². The van der Waals surface area contributed by atoms with E-state index in [2.05, 4.69) is 5.32 Å². The summed E-state index contributed by atoms with van der Waals surface area (Å²) < 4.78 is 78.7. The number of nitrogens with one attached hydrogen (secondary N) is 1. The van der Waals surface area contributed by atoms with Crippen LogP contribution in [-0.4, -0.2) is 37.5 Å². The van der Waals surface area contributed by atoms with Gasteiger partial charge in [0.1, 0.15) is 5.82 Å². The van der Waals surface area contributed by atoms with Crippen molar-refractivity contribution < 1.29 is 26.3 Å². The van der Waals surface area contributed by atoms with Gasteiger partial charge in [-0.05, 0) is 12.1 Å². The molecule has 0 bridgehead atoms. The smallest absolute Gasteiger partial charge is 0.314 e. The minimum atomic E-state index is -4.73. The molecular formula is C14H15ClF6N2. The summed E-state index contributed by atoms with van der Waals surface area (Å²) in [5.74, 6) is -1.08. The van der Waals surface area contributed by atoms with E-state index in [1.165, 1.54) is 0 Å². The molecule has 1 aromatic rings. The molecule has 1 saturated heterocycles. The summed E-state index contributed by atoms with van der Waals surface area (Å²) >= 11 is 5.55. The van der Waals surface area contributed by atoms with Crippen LogP contribution in [0.3, 0.4) is 0 Å². The van der Waals surface area contributed by atoms with E-state index in [9.17, 15) is 26.3 Å². The normalized spacial score (nSPS) is 18.4. The number of hydrogen-bond acceptors (Lipinski definition) is 2. The average molecular weight is 361 g/mol. The average Bonchev–Trinajstić information content (AvgIpc) is 2.47. The molecule has 0 amide bonds. The lowest BCUT2D eigenvalue weighted by atomic mass is 9.98. The van der Waals surface area contributed by atoms with Gasteiger partial charge in [0.25, 0.3) is 0 Å². The number of hydrogen-bond donors (Lipinski definition) is 1. The van der Waals surface area contributed by atoms with Crippen LogP contribution in [-0.2, 0) is 6.18 Å². The van der Waals surface area contributed by atoms with Crippen LogP contribution in [0, 0.1) is 5.82 Å². The van der Waals surface area contributed by atoms with E-state index in [4.69, 9.17) is 11.6 Å². The first-order chi connectivity index (χ1) is 10.7. The number of alkyl halides is 5. The van der Waals surface area contributed by atoms with Gasteiger partial charge in [-0.3, -0.25) is 4.90 Å². The topological polar surface area (TPSA) is 15.3 Å². The summed E-state index contributed by atoms with van der Waals surface area (Å²) in [7, 11) is 0. The molecule has 1 heterocycles. The maximum absolute atomic E-state index is 14.2. The lowest BCUT2D eigenvalue weighted by Gasteiger charge is -2.35. The van der Waals surface area contributed by atoms with Crippen LogP contribution in [0.4, 0.5) is 26.3 Å². The van der Waals surface area contributed by atoms with E-state index in [0.717, 1.165) is 0 Å². The predicted octanol–water partition coefficient (Wildman–Crippen LogP) is 4.10. The third-order valence-corrected chi connectivity index (χ3v) is 4.01. The van der Waals surface area contributed by atoms with E-state index < -0.39 is 47.0 Å². The van der Waals surface area contributed by atoms with Crippen LogP contribution in [0.15, 0.2) is 12.1 Å². The van der Waals surface area contributed by atoms with E-state index in [1.54, 1.807) is 4.90 Å². The minimum absolute atomic E-state index is 0.338. The molecule has 1 aliphatic rings.